The van der Waals surface area contributed by atoms with Gasteiger partial charge in [0.15, 0.2) is 0 Å². The molecule has 1 saturated heterocycles. The molecule has 1 atom stereocenters. The Bertz CT molecular complexity index is 302. The zero-order chi connectivity index (χ0) is 13.1. The molecule has 1 unspecified atom stereocenters. The highest BCUT2D eigenvalue weighted by molar-refractivity contribution is 5.77. The van der Waals surface area contributed by atoms with Gasteiger partial charge in [0.25, 0.3) is 0 Å². The van der Waals surface area contributed by atoms with E-state index in [1.807, 2.05) is 20.8 Å². The van der Waals surface area contributed by atoms with Crippen LogP contribution in [0.1, 0.15) is 40.0 Å². The van der Waals surface area contributed by atoms with Crippen molar-refractivity contribution in [3.05, 3.63) is 0 Å². The molecule has 0 bridgehead atoms. The highest BCUT2D eigenvalue weighted by Crippen LogP contribution is 2.17. The maximum absolute atomic E-state index is 12.0. The Kier molecular flexibility index (Phi) is 4.37. The van der Waals surface area contributed by atoms with Crippen molar-refractivity contribution in [1.29, 1.82) is 0 Å². The fourth-order valence-corrected chi connectivity index (χ4v) is 1.82. The molecule has 0 aromatic rings. The highest BCUT2D eigenvalue weighted by atomic mass is 16.4. The smallest absolute Gasteiger partial charge is 0.317 e. The number of likely N-dealkylation sites (tertiary alicyclic amines) is 1. The van der Waals surface area contributed by atoms with Gasteiger partial charge < -0.3 is 15.3 Å². The van der Waals surface area contributed by atoms with Crippen LogP contribution in [0.4, 0.5) is 4.79 Å². The number of carboxylic acids is 1. The lowest BCUT2D eigenvalue weighted by molar-refractivity contribution is -0.143. The number of rotatable bonds is 3. The van der Waals surface area contributed by atoms with Crippen molar-refractivity contribution in [2.75, 3.05) is 13.1 Å². The third kappa shape index (κ3) is 3.91. The molecule has 5 heteroatoms. The predicted molar refractivity (Wildman–Crippen MR) is 64.8 cm³/mol. The Morgan fingerprint density at radius 3 is 2.65 bits per heavy atom. The Labute approximate surface area is 102 Å². The standard InChI is InChI=1S/C12H22N2O3/c1-4-12(2,3)13-11(17)14-7-5-6-9(8-14)10(15)16/h9H,4-8H2,1-3H3,(H,13,17)(H,15,16). The van der Waals surface area contributed by atoms with Crippen LogP contribution >= 0.6 is 0 Å². The molecule has 2 amide bonds. The summed E-state index contributed by atoms with van der Waals surface area (Å²) in [6.45, 7) is 6.90. The lowest BCUT2D eigenvalue weighted by atomic mass is 9.98. The number of carboxylic acid groups (broad SMARTS) is 1. The molecular weight excluding hydrogens is 220 g/mol. The minimum atomic E-state index is -0.808. The van der Waals surface area contributed by atoms with E-state index >= 15 is 0 Å². The number of carbonyl (C=O) groups excluding carboxylic acids is 1. The number of nitrogens with one attached hydrogen (secondary N) is 1. The Balaban J connectivity index is 2.55. The largest absolute Gasteiger partial charge is 0.481 e. The van der Waals surface area contributed by atoms with Crippen molar-refractivity contribution >= 4 is 12.0 Å². The van der Waals surface area contributed by atoms with Crippen LogP contribution < -0.4 is 5.32 Å². The number of amides is 2. The summed E-state index contributed by atoms with van der Waals surface area (Å²) in [6.07, 6.45) is 2.27. The first-order valence-corrected chi connectivity index (χ1v) is 6.15. The van der Waals surface area contributed by atoms with Gasteiger partial charge in [0.1, 0.15) is 0 Å². The monoisotopic (exact) mass is 242 g/mol. The molecule has 5 nitrogen and oxygen atoms in total. The van der Waals surface area contributed by atoms with E-state index in [1.165, 1.54) is 0 Å². The molecule has 1 rings (SSSR count). The minimum absolute atomic E-state index is 0.150. The first-order chi connectivity index (χ1) is 7.85. The summed E-state index contributed by atoms with van der Waals surface area (Å²) in [5.41, 5.74) is -0.243. The number of hydrogen-bond acceptors (Lipinski definition) is 2. The molecule has 0 saturated carbocycles. The van der Waals surface area contributed by atoms with Crippen LogP contribution in [0.15, 0.2) is 0 Å². The number of nitrogens with zero attached hydrogens (tertiary/aromatic N) is 1. The SMILES string of the molecule is CCC(C)(C)NC(=O)N1CCCC(C(=O)O)C1. The lowest BCUT2D eigenvalue weighted by Crippen LogP contribution is -2.53. The van der Waals surface area contributed by atoms with Crippen LogP contribution in [0.25, 0.3) is 0 Å². The molecule has 98 valence electrons. The second-order valence-electron chi connectivity index (χ2n) is 5.29. The van der Waals surface area contributed by atoms with Gasteiger partial charge in [-0.2, -0.15) is 0 Å². The van der Waals surface area contributed by atoms with Crippen LogP contribution in [0.2, 0.25) is 0 Å². The third-order valence-electron chi connectivity index (χ3n) is 3.39. The summed E-state index contributed by atoms with van der Waals surface area (Å²) < 4.78 is 0. The van der Waals surface area contributed by atoms with Gasteiger partial charge in [-0.3, -0.25) is 4.79 Å². The van der Waals surface area contributed by atoms with Crippen LogP contribution in [0, 0.1) is 5.92 Å². The van der Waals surface area contributed by atoms with Gasteiger partial charge in [0.05, 0.1) is 5.92 Å². The van der Waals surface area contributed by atoms with Gasteiger partial charge in [0, 0.05) is 18.6 Å². The van der Waals surface area contributed by atoms with E-state index in [0.29, 0.717) is 19.5 Å². The van der Waals surface area contributed by atoms with Crippen LogP contribution in [-0.2, 0) is 4.79 Å². The fourth-order valence-electron chi connectivity index (χ4n) is 1.82. The van der Waals surface area contributed by atoms with Gasteiger partial charge in [0.2, 0.25) is 0 Å². The van der Waals surface area contributed by atoms with Gasteiger partial charge in [-0.25, -0.2) is 4.79 Å². The minimum Gasteiger partial charge on any atom is -0.481 e. The Morgan fingerprint density at radius 2 is 2.12 bits per heavy atom. The first-order valence-electron chi connectivity index (χ1n) is 6.15. The van der Waals surface area contributed by atoms with Crippen LogP contribution in [-0.4, -0.2) is 40.6 Å². The topological polar surface area (TPSA) is 69.6 Å². The number of urea groups is 1. The average molecular weight is 242 g/mol. The Hall–Kier alpha value is -1.26. The van der Waals surface area contributed by atoms with E-state index in [0.717, 1.165) is 12.8 Å². The number of hydrogen-bond donors (Lipinski definition) is 2. The summed E-state index contributed by atoms with van der Waals surface area (Å²) >= 11 is 0. The molecule has 1 aliphatic rings. The summed E-state index contributed by atoms with van der Waals surface area (Å²) in [5.74, 6) is -1.23. The average Bonchev–Trinajstić information content (AvgIpc) is 2.28. The first kappa shape index (κ1) is 13.8. The molecule has 0 aliphatic carbocycles. The molecular formula is C12H22N2O3. The molecule has 2 N–H and O–H groups in total. The van der Waals surface area contributed by atoms with E-state index < -0.39 is 11.9 Å². The number of carbonyl (C=O) groups is 2. The van der Waals surface area contributed by atoms with E-state index in [4.69, 9.17) is 5.11 Å². The van der Waals surface area contributed by atoms with E-state index in [2.05, 4.69) is 5.32 Å². The molecule has 17 heavy (non-hydrogen) atoms. The molecule has 1 aliphatic heterocycles. The van der Waals surface area contributed by atoms with Gasteiger partial charge in [-0.05, 0) is 33.1 Å². The van der Waals surface area contributed by atoms with Gasteiger partial charge >= 0.3 is 12.0 Å². The maximum Gasteiger partial charge on any atom is 0.317 e. The molecule has 1 heterocycles. The van der Waals surface area contributed by atoms with Crippen molar-refractivity contribution in [3.63, 3.8) is 0 Å². The summed E-state index contributed by atoms with van der Waals surface area (Å²) in [4.78, 5) is 24.5. The van der Waals surface area contributed by atoms with E-state index in [1.54, 1.807) is 4.90 Å². The summed E-state index contributed by atoms with van der Waals surface area (Å²) in [5, 5.41) is 11.9. The number of aliphatic carboxylic acids is 1. The normalized spacial score (nSPS) is 21.1. The van der Waals surface area contributed by atoms with Gasteiger partial charge in [-0.15, -0.1) is 0 Å². The molecule has 0 aromatic carbocycles. The molecule has 0 spiro atoms. The second kappa shape index (κ2) is 5.38. The van der Waals surface area contributed by atoms with Gasteiger partial charge in [-0.1, -0.05) is 6.92 Å². The Morgan fingerprint density at radius 1 is 1.47 bits per heavy atom. The van der Waals surface area contributed by atoms with Crippen molar-refractivity contribution in [2.24, 2.45) is 5.92 Å². The lowest BCUT2D eigenvalue weighted by Gasteiger charge is -2.34. The maximum atomic E-state index is 12.0. The van der Waals surface area contributed by atoms with Crippen LogP contribution in [0.3, 0.4) is 0 Å². The number of piperidine rings is 1. The van der Waals surface area contributed by atoms with Crippen LogP contribution in [0.5, 0.6) is 0 Å². The van der Waals surface area contributed by atoms with Crippen molar-refractivity contribution in [2.45, 2.75) is 45.6 Å². The van der Waals surface area contributed by atoms with Crippen molar-refractivity contribution in [1.82, 2.24) is 10.2 Å². The highest BCUT2D eigenvalue weighted by Gasteiger charge is 2.29. The fraction of sp³-hybridized carbons (Fsp3) is 0.833. The molecule has 1 fully saturated rings. The van der Waals surface area contributed by atoms with Crippen molar-refractivity contribution < 1.29 is 14.7 Å². The summed E-state index contributed by atoms with van der Waals surface area (Å²) in [7, 11) is 0. The van der Waals surface area contributed by atoms with Crippen molar-refractivity contribution in [3.8, 4) is 0 Å². The predicted octanol–water partition coefficient (Wildman–Crippen LogP) is 1.68. The second-order valence-corrected chi connectivity index (χ2v) is 5.29. The quantitative estimate of drug-likeness (QED) is 0.791. The van der Waals surface area contributed by atoms with E-state index in [-0.39, 0.29) is 11.6 Å². The zero-order valence-electron chi connectivity index (χ0n) is 10.8. The third-order valence-corrected chi connectivity index (χ3v) is 3.39. The summed E-state index contributed by atoms with van der Waals surface area (Å²) in [6, 6.07) is -0.150. The molecule has 0 aromatic heterocycles. The van der Waals surface area contributed by atoms with E-state index in [9.17, 15) is 9.59 Å². The zero-order valence-corrected chi connectivity index (χ0v) is 10.8. The molecule has 0 radical (unpaired) electrons.